The number of nitrogens with one attached hydrogen (secondary N) is 1. The molecule has 0 saturated carbocycles. The van der Waals surface area contributed by atoms with Crippen LogP contribution in [0.1, 0.15) is 16.1 Å². The van der Waals surface area contributed by atoms with E-state index in [1.807, 2.05) is 0 Å². The molecule has 1 aromatic carbocycles. The van der Waals surface area contributed by atoms with Gasteiger partial charge in [-0.25, -0.2) is 0 Å². The van der Waals surface area contributed by atoms with Crippen LogP contribution in [0.4, 0.5) is 11.4 Å². The number of nitrogens with zero attached hydrogens (tertiary/aromatic N) is 1. The lowest BCUT2D eigenvalue weighted by atomic mass is 10.2. The van der Waals surface area contributed by atoms with Gasteiger partial charge in [-0.3, -0.25) is 14.9 Å². The van der Waals surface area contributed by atoms with Gasteiger partial charge in [0.1, 0.15) is 5.02 Å². The number of furan rings is 1. The summed E-state index contributed by atoms with van der Waals surface area (Å²) in [6.45, 7) is 1.72. The van der Waals surface area contributed by atoms with Crippen molar-refractivity contribution in [2.75, 3.05) is 5.32 Å². The number of rotatable bonds is 3. The number of halogens is 1. The molecule has 0 aliphatic rings. The maximum Gasteiger partial charge on any atom is 0.291 e. The van der Waals surface area contributed by atoms with E-state index in [1.54, 1.807) is 13.0 Å². The van der Waals surface area contributed by atoms with Crippen LogP contribution in [-0.2, 0) is 0 Å². The SMILES string of the molecule is Cc1ccoc1C(=O)Nc1ccc(Cl)c([N+](=O)[O-])c1. The fourth-order valence-electron chi connectivity index (χ4n) is 1.52. The van der Waals surface area contributed by atoms with Gasteiger partial charge in [0, 0.05) is 17.3 Å². The summed E-state index contributed by atoms with van der Waals surface area (Å²) in [6.07, 6.45) is 1.40. The van der Waals surface area contributed by atoms with Crippen molar-refractivity contribution in [2.45, 2.75) is 6.92 Å². The van der Waals surface area contributed by atoms with Crippen LogP contribution in [0.5, 0.6) is 0 Å². The van der Waals surface area contributed by atoms with E-state index < -0.39 is 10.8 Å². The Kier molecular flexibility index (Phi) is 3.52. The molecule has 19 heavy (non-hydrogen) atoms. The normalized spacial score (nSPS) is 10.2. The van der Waals surface area contributed by atoms with Gasteiger partial charge in [0.15, 0.2) is 5.76 Å². The first-order valence-corrected chi connectivity index (χ1v) is 5.66. The van der Waals surface area contributed by atoms with Gasteiger partial charge in [-0.1, -0.05) is 11.6 Å². The Bertz CT molecular complexity index is 651. The number of aryl methyl sites for hydroxylation is 1. The summed E-state index contributed by atoms with van der Waals surface area (Å²) >= 11 is 5.68. The zero-order valence-corrected chi connectivity index (χ0v) is 10.6. The Labute approximate surface area is 113 Å². The molecule has 1 amide bonds. The summed E-state index contributed by atoms with van der Waals surface area (Å²) in [5.41, 5.74) is 0.688. The molecule has 6 nitrogen and oxygen atoms in total. The molecule has 1 N–H and O–H groups in total. The Morgan fingerprint density at radius 2 is 2.16 bits per heavy atom. The lowest BCUT2D eigenvalue weighted by Crippen LogP contribution is -2.12. The minimum Gasteiger partial charge on any atom is -0.459 e. The van der Waals surface area contributed by atoms with Crippen LogP contribution in [-0.4, -0.2) is 10.8 Å². The van der Waals surface area contributed by atoms with E-state index in [4.69, 9.17) is 16.0 Å². The van der Waals surface area contributed by atoms with Gasteiger partial charge >= 0.3 is 0 Å². The van der Waals surface area contributed by atoms with E-state index in [1.165, 1.54) is 24.5 Å². The highest BCUT2D eigenvalue weighted by Gasteiger charge is 2.16. The first-order valence-electron chi connectivity index (χ1n) is 5.28. The van der Waals surface area contributed by atoms with Crippen LogP contribution in [0.15, 0.2) is 34.9 Å². The Balaban J connectivity index is 2.25. The number of hydrogen-bond acceptors (Lipinski definition) is 4. The second-order valence-electron chi connectivity index (χ2n) is 3.81. The third-order valence-corrected chi connectivity index (χ3v) is 2.79. The highest BCUT2D eigenvalue weighted by atomic mass is 35.5. The summed E-state index contributed by atoms with van der Waals surface area (Å²) in [7, 11) is 0. The van der Waals surface area contributed by atoms with Crippen molar-refractivity contribution in [1.82, 2.24) is 0 Å². The lowest BCUT2D eigenvalue weighted by molar-refractivity contribution is -0.384. The first kappa shape index (κ1) is 13.1. The summed E-state index contributed by atoms with van der Waals surface area (Å²) in [5.74, 6) is -0.309. The standard InChI is InChI=1S/C12H9ClN2O4/c1-7-4-5-19-11(7)12(16)14-8-2-3-9(13)10(6-8)15(17)18/h2-6H,1H3,(H,14,16). The summed E-state index contributed by atoms with van der Waals surface area (Å²) in [5, 5.41) is 13.3. The van der Waals surface area contributed by atoms with E-state index in [-0.39, 0.29) is 22.2 Å². The molecule has 0 bridgehead atoms. The number of nitro groups is 1. The predicted octanol–water partition coefficient (Wildman–Crippen LogP) is 3.40. The minimum absolute atomic E-state index is 0.0113. The third kappa shape index (κ3) is 2.74. The number of amides is 1. The number of hydrogen-bond donors (Lipinski definition) is 1. The number of nitro benzene ring substituents is 1. The second kappa shape index (κ2) is 5.11. The molecule has 0 fully saturated rings. The second-order valence-corrected chi connectivity index (χ2v) is 4.22. The molecule has 98 valence electrons. The van der Waals surface area contributed by atoms with Crippen LogP contribution in [0.3, 0.4) is 0 Å². The molecular formula is C12H9ClN2O4. The quantitative estimate of drug-likeness (QED) is 0.689. The molecule has 7 heteroatoms. The van der Waals surface area contributed by atoms with Crippen LogP contribution in [0, 0.1) is 17.0 Å². The molecular weight excluding hydrogens is 272 g/mol. The molecule has 0 spiro atoms. The maximum absolute atomic E-state index is 11.9. The van der Waals surface area contributed by atoms with Crippen LogP contribution < -0.4 is 5.32 Å². The van der Waals surface area contributed by atoms with E-state index in [9.17, 15) is 14.9 Å². The van der Waals surface area contributed by atoms with Gasteiger partial charge < -0.3 is 9.73 Å². The molecule has 1 heterocycles. The maximum atomic E-state index is 11.9. The van der Waals surface area contributed by atoms with Crippen LogP contribution >= 0.6 is 11.6 Å². The Morgan fingerprint density at radius 3 is 2.74 bits per heavy atom. The molecule has 0 saturated heterocycles. The van der Waals surface area contributed by atoms with Crippen LogP contribution in [0.2, 0.25) is 5.02 Å². The van der Waals surface area contributed by atoms with Crippen LogP contribution in [0.25, 0.3) is 0 Å². The van der Waals surface area contributed by atoms with Gasteiger partial charge in [0.25, 0.3) is 11.6 Å². The van der Waals surface area contributed by atoms with Gasteiger partial charge in [-0.05, 0) is 25.1 Å². The first-order chi connectivity index (χ1) is 8.99. The molecule has 0 unspecified atom stereocenters. The van der Waals surface area contributed by atoms with Gasteiger partial charge in [-0.2, -0.15) is 0 Å². The Morgan fingerprint density at radius 1 is 1.42 bits per heavy atom. The van der Waals surface area contributed by atoms with Crippen molar-refractivity contribution in [3.05, 3.63) is 57.0 Å². The van der Waals surface area contributed by atoms with Crippen molar-refractivity contribution in [3.63, 3.8) is 0 Å². The van der Waals surface area contributed by atoms with E-state index in [0.717, 1.165) is 0 Å². The fourth-order valence-corrected chi connectivity index (χ4v) is 1.71. The molecule has 2 rings (SSSR count). The summed E-state index contributed by atoms with van der Waals surface area (Å²) in [4.78, 5) is 22.0. The monoisotopic (exact) mass is 280 g/mol. The van der Waals surface area contributed by atoms with E-state index in [0.29, 0.717) is 5.56 Å². The van der Waals surface area contributed by atoms with E-state index in [2.05, 4.69) is 5.32 Å². The van der Waals surface area contributed by atoms with Crippen molar-refractivity contribution < 1.29 is 14.1 Å². The molecule has 2 aromatic rings. The smallest absolute Gasteiger partial charge is 0.291 e. The highest BCUT2D eigenvalue weighted by molar-refractivity contribution is 6.32. The largest absolute Gasteiger partial charge is 0.459 e. The summed E-state index contributed by atoms with van der Waals surface area (Å²) in [6, 6.07) is 5.67. The van der Waals surface area contributed by atoms with Crippen molar-refractivity contribution >= 4 is 28.9 Å². The zero-order chi connectivity index (χ0) is 14.0. The molecule has 1 aromatic heterocycles. The fraction of sp³-hybridized carbons (Fsp3) is 0.0833. The van der Waals surface area contributed by atoms with Crippen molar-refractivity contribution in [1.29, 1.82) is 0 Å². The van der Waals surface area contributed by atoms with Crippen molar-refractivity contribution in [2.24, 2.45) is 0 Å². The number of carbonyl (C=O) groups excluding carboxylic acids is 1. The van der Waals surface area contributed by atoms with E-state index >= 15 is 0 Å². The van der Waals surface area contributed by atoms with Crippen molar-refractivity contribution in [3.8, 4) is 0 Å². The molecule has 0 aliphatic carbocycles. The molecule has 0 aliphatic heterocycles. The third-order valence-electron chi connectivity index (χ3n) is 2.47. The topological polar surface area (TPSA) is 85.4 Å². The number of anilines is 1. The average molecular weight is 281 g/mol. The molecule has 0 radical (unpaired) electrons. The highest BCUT2D eigenvalue weighted by Crippen LogP contribution is 2.27. The predicted molar refractivity (Wildman–Crippen MR) is 69.5 cm³/mol. The summed E-state index contributed by atoms with van der Waals surface area (Å²) < 4.78 is 5.03. The average Bonchev–Trinajstić information content (AvgIpc) is 2.77. The van der Waals surface area contributed by atoms with Gasteiger partial charge in [0.05, 0.1) is 11.2 Å². The lowest BCUT2D eigenvalue weighted by Gasteiger charge is -2.04. The number of carbonyl (C=O) groups is 1. The number of benzene rings is 1. The van der Waals surface area contributed by atoms with Gasteiger partial charge in [-0.15, -0.1) is 0 Å². The molecule has 0 atom stereocenters. The Hall–Kier alpha value is -2.34. The minimum atomic E-state index is -0.615. The van der Waals surface area contributed by atoms with Gasteiger partial charge in [0.2, 0.25) is 0 Å². The zero-order valence-electron chi connectivity index (χ0n) is 9.84.